The fraction of sp³-hybridized carbons (Fsp3) is 0.214. The van der Waals surface area contributed by atoms with Crippen molar-refractivity contribution in [2.75, 3.05) is 11.9 Å². The second-order valence-corrected chi connectivity index (χ2v) is 4.30. The van der Waals surface area contributed by atoms with Crippen molar-refractivity contribution in [3.8, 4) is 0 Å². The molecule has 0 aliphatic carbocycles. The van der Waals surface area contributed by atoms with E-state index in [0.29, 0.717) is 19.0 Å². The summed E-state index contributed by atoms with van der Waals surface area (Å²) >= 11 is 5.77. The Hall–Kier alpha value is -2.14. The van der Waals surface area contributed by atoms with E-state index < -0.39 is 5.97 Å². The van der Waals surface area contributed by atoms with Crippen LogP contribution in [0.1, 0.15) is 22.8 Å². The highest BCUT2D eigenvalue weighted by Gasteiger charge is 2.15. The van der Waals surface area contributed by atoms with Gasteiger partial charge in [-0.2, -0.15) is 4.98 Å². The largest absolute Gasteiger partial charge is 0.462 e. The molecule has 1 aromatic carbocycles. The molecule has 104 valence electrons. The van der Waals surface area contributed by atoms with Crippen molar-refractivity contribution in [2.45, 2.75) is 13.5 Å². The molecule has 1 N–H and O–H groups in total. The first-order valence-electron chi connectivity index (χ1n) is 6.18. The minimum atomic E-state index is -0.472. The standard InChI is InChI=1S/C14H14ClN3O2/c1-2-20-13(19)11-9-17-14(15)18-12(11)16-8-10-6-4-3-5-7-10/h3-7,9H,2,8H2,1H3,(H,16,17,18). The number of ether oxygens (including phenoxy) is 1. The number of halogens is 1. The van der Waals surface area contributed by atoms with Crippen LogP contribution >= 0.6 is 11.6 Å². The Morgan fingerprint density at radius 1 is 1.35 bits per heavy atom. The van der Waals surface area contributed by atoms with E-state index >= 15 is 0 Å². The van der Waals surface area contributed by atoms with Gasteiger partial charge in [0, 0.05) is 12.7 Å². The van der Waals surface area contributed by atoms with Crippen molar-refractivity contribution in [1.29, 1.82) is 0 Å². The molecular weight excluding hydrogens is 278 g/mol. The number of aromatic nitrogens is 2. The SMILES string of the molecule is CCOC(=O)c1cnc(Cl)nc1NCc1ccccc1. The highest BCUT2D eigenvalue weighted by molar-refractivity contribution is 6.28. The van der Waals surface area contributed by atoms with E-state index in [1.807, 2.05) is 30.3 Å². The van der Waals surface area contributed by atoms with E-state index in [4.69, 9.17) is 16.3 Å². The van der Waals surface area contributed by atoms with Crippen LogP contribution in [0.4, 0.5) is 5.82 Å². The number of benzene rings is 1. The maximum atomic E-state index is 11.8. The van der Waals surface area contributed by atoms with Crippen LogP contribution in [0.3, 0.4) is 0 Å². The van der Waals surface area contributed by atoms with Gasteiger partial charge in [-0.25, -0.2) is 9.78 Å². The zero-order valence-electron chi connectivity index (χ0n) is 11.0. The molecule has 0 atom stereocenters. The molecule has 1 heterocycles. The van der Waals surface area contributed by atoms with Crippen molar-refractivity contribution in [2.24, 2.45) is 0 Å². The van der Waals surface area contributed by atoms with Crippen LogP contribution in [0.25, 0.3) is 0 Å². The van der Waals surface area contributed by atoms with Gasteiger partial charge in [-0.05, 0) is 24.1 Å². The van der Waals surface area contributed by atoms with E-state index in [1.54, 1.807) is 6.92 Å². The molecule has 20 heavy (non-hydrogen) atoms. The van der Waals surface area contributed by atoms with E-state index in [0.717, 1.165) is 5.56 Å². The second kappa shape index (κ2) is 6.86. The van der Waals surface area contributed by atoms with Crippen LogP contribution in [0.2, 0.25) is 5.28 Å². The maximum Gasteiger partial charge on any atom is 0.343 e. The maximum absolute atomic E-state index is 11.8. The fourth-order valence-corrected chi connectivity index (χ4v) is 1.77. The van der Waals surface area contributed by atoms with E-state index in [-0.39, 0.29) is 10.8 Å². The number of rotatable bonds is 5. The predicted molar refractivity (Wildman–Crippen MR) is 76.8 cm³/mol. The molecule has 0 aliphatic heterocycles. The molecule has 0 fully saturated rings. The van der Waals surface area contributed by atoms with Gasteiger partial charge in [0.25, 0.3) is 0 Å². The lowest BCUT2D eigenvalue weighted by atomic mass is 10.2. The molecule has 6 heteroatoms. The molecule has 0 saturated heterocycles. The third-order valence-electron chi connectivity index (χ3n) is 2.56. The lowest BCUT2D eigenvalue weighted by Crippen LogP contribution is -2.12. The van der Waals surface area contributed by atoms with E-state index in [9.17, 15) is 4.79 Å². The monoisotopic (exact) mass is 291 g/mol. The number of esters is 1. The lowest BCUT2D eigenvalue weighted by Gasteiger charge is -2.10. The van der Waals surface area contributed by atoms with Gasteiger partial charge in [-0.3, -0.25) is 0 Å². The molecule has 0 unspecified atom stereocenters. The Morgan fingerprint density at radius 3 is 2.80 bits per heavy atom. The topological polar surface area (TPSA) is 64.1 Å². The van der Waals surface area contributed by atoms with Crippen LogP contribution in [0.5, 0.6) is 0 Å². The molecule has 0 spiro atoms. The summed E-state index contributed by atoms with van der Waals surface area (Å²) in [4.78, 5) is 19.6. The average molecular weight is 292 g/mol. The van der Waals surface area contributed by atoms with Crippen molar-refractivity contribution in [3.05, 3.63) is 52.9 Å². The Kier molecular flexibility index (Phi) is 4.90. The normalized spacial score (nSPS) is 10.1. The summed E-state index contributed by atoms with van der Waals surface area (Å²) in [5, 5.41) is 3.15. The second-order valence-electron chi connectivity index (χ2n) is 3.96. The quantitative estimate of drug-likeness (QED) is 0.678. The molecule has 0 aliphatic rings. The van der Waals surface area contributed by atoms with Gasteiger partial charge < -0.3 is 10.1 Å². The van der Waals surface area contributed by atoms with Gasteiger partial charge >= 0.3 is 5.97 Å². The Balaban J connectivity index is 2.17. The minimum Gasteiger partial charge on any atom is -0.462 e. The van der Waals surface area contributed by atoms with Gasteiger partial charge in [0.1, 0.15) is 11.4 Å². The lowest BCUT2D eigenvalue weighted by molar-refractivity contribution is 0.0526. The summed E-state index contributed by atoms with van der Waals surface area (Å²) in [6, 6.07) is 9.77. The number of carbonyl (C=O) groups excluding carboxylic acids is 1. The first kappa shape index (κ1) is 14.3. The molecule has 1 aromatic heterocycles. The van der Waals surface area contributed by atoms with Crippen LogP contribution in [-0.4, -0.2) is 22.5 Å². The number of nitrogens with one attached hydrogen (secondary N) is 1. The predicted octanol–water partition coefficient (Wildman–Crippen LogP) is 2.92. The van der Waals surface area contributed by atoms with Gasteiger partial charge in [0.05, 0.1) is 6.61 Å². The van der Waals surface area contributed by atoms with Crippen LogP contribution in [-0.2, 0) is 11.3 Å². The summed E-state index contributed by atoms with van der Waals surface area (Å²) in [6.45, 7) is 2.56. The van der Waals surface area contributed by atoms with Crippen LogP contribution < -0.4 is 5.32 Å². The molecule has 0 bridgehead atoms. The first-order valence-corrected chi connectivity index (χ1v) is 6.56. The molecule has 0 radical (unpaired) electrons. The Morgan fingerprint density at radius 2 is 2.10 bits per heavy atom. The zero-order chi connectivity index (χ0) is 14.4. The summed E-state index contributed by atoms with van der Waals surface area (Å²) in [5.74, 6) is -0.105. The summed E-state index contributed by atoms with van der Waals surface area (Å²) in [5.41, 5.74) is 1.34. The number of hydrogen-bond acceptors (Lipinski definition) is 5. The molecule has 5 nitrogen and oxygen atoms in total. The summed E-state index contributed by atoms with van der Waals surface area (Å²) < 4.78 is 4.96. The molecule has 2 aromatic rings. The smallest absolute Gasteiger partial charge is 0.343 e. The zero-order valence-corrected chi connectivity index (χ0v) is 11.7. The highest BCUT2D eigenvalue weighted by atomic mass is 35.5. The molecular formula is C14H14ClN3O2. The minimum absolute atomic E-state index is 0.0774. The van der Waals surface area contributed by atoms with Gasteiger partial charge in [0.15, 0.2) is 0 Å². The van der Waals surface area contributed by atoms with Crippen LogP contribution in [0, 0.1) is 0 Å². The van der Waals surface area contributed by atoms with Gasteiger partial charge in [0.2, 0.25) is 5.28 Å². The number of nitrogens with zero attached hydrogens (tertiary/aromatic N) is 2. The fourth-order valence-electron chi connectivity index (χ4n) is 1.63. The Labute approximate surface area is 122 Å². The first-order chi connectivity index (χ1) is 9.70. The van der Waals surface area contributed by atoms with Gasteiger partial charge in [-0.1, -0.05) is 30.3 Å². The van der Waals surface area contributed by atoms with Crippen molar-refractivity contribution < 1.29 is 9.53 Å². The van der Waals surface area contributed by atoms with E-state index in [2.05, 4.69) is 15.3 Å². The third kappa shape index (κ3) is 3.68. The summed E-state index contributed by atoms with van der Waals surface area (Å²) in [6.07, 6.45) is 1.36. The number of hydrogen-bond donors (Lipinski definition) is 1. The van der Waals surface area contributed by atoms with Crippen molar-refractivity contribution >= 4 is 23.4 Å². The van der Waals surface area contributed by atoms with Gasteiger partial charge in [-0.15, -0.1) is 0 Å². The average Bonchev–Trinajstić information content (AvgIpc) is 2.46. The number of anilines is 1. The third-order valence-corrected chi connectivity index (χ3v) is 2.74. The Bertz CT molecular complexity index is 590. The molecule has 2 rings (SSSR count). The van der Waals surface area contributed by atoms with Crippen LogP contribution in [0.15, 0.2) is 36.5 Å². The molecule has 0 saturated carbocycles. The number of carbonyl (C=O) groups is 1. The van der Waals surface area contributed by atoms with E-state index in [1.165, 1.54) is 6.20 Å². The summed E-state index contributed by atoms with van der Waals surface area (Å²) in [7, 11) is 0. The molecule has 0 amide bonds. The van der Waals surface area contributed by atoms with Crippen molar-refractivity contribution in [1.82, 2.24) is 9.97 Å². The highest BCUT2D eigenvalue weighted by Crippen LogP contribution is 2.16. The van der Waals surface area contributed by atoms with Crippen molar-refractivity contribution in [3.63, 3.8) is 0 Å².